The Labute approximate surface area is 158 Å². The van der Waals surface area contributed by atoms with Crippen LogP contribution in [-0.2, 0) is 6.54 Å². The minimum atomic E-state index is -0.518. The second kappa shape index (κ2) is 7.96. The normalized spacial score (nSPS) is 10.7. The van der Waals surface area contributed by atoms with Gasteiger partial charge in [-0.15, -0.1) is 6.58 Å². The summed E-state index contributed by atoms with van der Waals surface area (Å²) in [4.78, 5) is 39.7. The summed E-state index contributed by atoms with van der Waals surface area (Å²) in [6, 6.07) is 12.5. The van der Waals surface area contributed by atoms with E-state index in [0.717, 1.165) is 11.8 Å². The van der Waals surface area contributed by atoms with Gasteiger partial charge in [-0.2, -0.15) is 0 Å². The average molecular weight is 381 g/mol. The topological polar surface area (TPSA) is 95.1 Å². The lowest BCUT2D eigenvalue weighted by Crippen LogP contribution is -2.23. The molecule has 3 aromatic rings. The number of Topliss-reactive ketones (excluding diaryl/α,β-unsaturated/α-hetero) is 1. The van der Waals surface area contributed by atoms with Gasteiger partial charge in [-0.25, -0.2) is 4.98 Å². The number of rotatable bonds is 7. The molecule has 7 nitrogen and oxygen atoms in total. The molecule has 0 saturated heterocycles. The predicted octanol–water partition coefficient (Wildman–Crippen LogP) is 3.47. The fourth-order valence-electron chi connectivity index (χ4n) is 2.53. The summed E-state index contributed by atoms with van der Waals surface area (Å²) >= 11 is 1.15. The van der Waals surface area contributed by atoms with Crippen LogP contribution in [0.3, 0.4) is 0 Å². The maximum absolute atomic E-state index is 12.7. The third kappa shape index (κ3) is 3.95. The number of non-ortho nitro benzene ring substituents is 1. The first kappa shape index (κ1) is 18.5. The Morgan fingerprint density at radius 3 is 2.59 bits per heavy atom. The van der Waals surface area contributed by atoms with E-state index >= 15 is 0 Å². The number of carbonyl (C=O) groups is 1. The fourth-order valence-corrected chi connectivity index (χ4v) is 3.43. The van der Waals surface area contributed by atoms with Crippen molar-refractivity contribution < 1.29 is 9.72 Å². The number of aromatic nitrogens is 2. The van der Waals surface area contributed by atoms with E-state index in [1.165, 1.54) is 28.8 Å². The summed E-state index contributed by atoms with van der Waals surface area (Å²) in [5, 5.41) is 11.6. The molecule has 0 saturated carbocycles. The molecule has 136 valence electrons. The molecule has 0 aliphatic heterocycles. The number of carbonyl (C=O) groups excluding carboxylic acids is 1. The number of allylic oxidation sites excluding steroid dienone is 1. The van der Waals surface area contributed by atoms with Crippen LogP contribution in [0, 0.1) is 10.1 Å². The highest BCUT2D eigenvalue weighted by Gasteiger charge is 2.14. The van der Waals surface area contributed by atoms with Crippen molar-refractivity contribution in [3.05, 3.63) is 87.2 Å². The fraction of sp³-hybridized carbons (Fsp3) is 0.105. The van der Waals surface area contributed by atoms with Gasteiger partial charge in [-0.3, -0.25) is 24.3 Å². The summed E-state index contributed by atoms with van der Waals surface area (Å²) in [5.74, 6) is -0.151. The van der Waals surface area contributed by atoms with Gasteiger partial charge < -0.3 is 0 Å². The Morgan fingerprint density at radius 2 is 1.93 bits per heavy atom. The van der Waals surface area contributed by atoms with Gasteiger partial charge in [0.15, 0.2) is 10.9 Å². The minimum absolute atomic E-state index is 0.0553. The van der Waals surface area contributed by atoms with Crippen LogP contribution < -0.4 is 5.56 Å². The van der Waals surface area contributed by atoms with E-state index in [9.17, 15) is 19.7 Å². The van der Waals surface area contributed by atoms with Gasteiger partial charge >= 0.3 is 0 Å². The summed E-state index contributed by atoms with van der Waals surface area (Å²) in [6.07, 6.45) is 1.60. The van der Waals surface area contributed by atoms with Crippen LogP contribution in [0.2, 0.25) is 0 Å². The Balaban J connectivity index is 1.86. The molecule has 0 aliphatic carbocycles. The SMILES string of the molecule is C=CCn1c(SCC(=O)c2ccc([N+](=O)[O-])cc2)nc2ccccc2c1=O. The van der Waals surface area contributed by atoms with Crippen molar-refractivity contribution in [3.8, 4) is 0 Å². The maximum atomic E-state index is 12.7. The first-order chi connectivity index (χ1) is 13.0. The largest absolute Gasteiger partial charge is 0.293 e. The number of benzene rings is 2. The van der Waals surface area contributed by atoms with Crippen LogP contribution in [0.1, 0.15) is 10.4 Å². The monoisotopic (exact) mass is 381 g/mol. The van der Waals surface area contributed by atoms with Gasteiger partial charge in [-0.05, 0) is 24.3 Å². The zero-order valence-corrected chi connectivity index (χ0v) is 15.0. The summed E-state index contributed by atoms with van der Waals surface area (Å²) in [5.41, 5.74) is 0.667. The lowest BCUT2D eigenvalue weighted by molar-refractivity contribution is -0.384. The van der Waals surface area contributed by atoms with Crippen molar-refractivity contribution >= 4 is 34.1 Å². The van der Waals surface area contributed by atoms with E-state index in [4.69, 9.17) is 0 Å². The first-order valence-electron chi connectivity index (χ1n) is 8.02. The summed E-state index contributed by atoms with van der Waals surface area (Å²) < 4.78 is 1.48. The second-order valence-corrected chi connectivity index (χ2v) is 6.57. The van der Waals surface area contributed by atoms with E-state index in [-0.39, 0.29) is 29.3 Å². The first-order valence-corrected chi connectivity index (χ1v) is 9.00. The Morgan fingerprint density at radius 1 is 1.22 bits per heavy atom. The number of ketones is 1. The van der Waals surface area contributed by atoms with Crippen LogP contribution >= 0.6 is 11.8 Å². The lowest BCUT2D eigenvalue weighted by Gasteiger charge is -2.11. The molecule has 2 aromatic carbocycles. The number of nitro groups is 1. The van der Waals surface area contributed by atoms with Gasteiger partial charge in [0.25, 0.3) is 11.2 Å². The van der Waals surface area contributed by atoms with E-state index in [1.807, 2.05) is 0 Å². The number of nitrogens with zero attached hydrogens (tertiary/aromatic N) is 3. The van der Waals surface area contributed by atoms with E-state index < -0.39 is 4.92 Å². The summed E-state index contributed by atoms with van der Waals surface area (Å²) in [6.45, 7) is 3.95. The van der Waals surface area contributed by atoms with E-state index in [0.29, 0.717) is 21.6 Å². The van der Waals surface area contributed by atoms with Crippen LogP contribution in [0.4, 0.5) is 5.69 Å². The molecule has 0 N–H and O–H groups in total. The van der Waals surface area contributed by atoms with Crippen molar-refractivity contribution in [2.45, 2.75) is 11.7 Å². The van der Waals surface area contributed by atoms with Crippen molar-refractivity contribution in [2.75, 3.05) is 5.75 Å². The smallest absolute Gasteiger partial charge is 0.269 e. The molecule has 27 heavy (non-hydrogen) atoms. The number of thioether (sulfide) groups is 1. The molecule has 0 radical (unpaired) electrons. The third-order valence-electron chi connectivity index (χ3n) is 3.87. The third-order valence-corrected chi connectivity index (χ3v) is 4.85. The van der Waals surface area contributed by atoms with Gasteiger partial charge in [-0.1, -0.05) is 30.0 Å². The standard InChI is InChI=1S/C19H15N3O4S/c1-2-11-21-18(24)15-5-3-4-6-16(15)20-19(21)27-12-17(23)13-7-9-14(10-8-13)22(25)26/h2-10H,1,11-12H2. The van der Waals surface area contributed by atoms with Gasteiger partial charge in [0, 0.05) is 24.2 Å². The Hall–Kier alpha value is -3.26. The molecule has 0 atom stereocenters. The number of para-hydroxylation sites is 1. The van der Waals surface area contributed by atoms with Crippen molar-refractivity contribution in [3.63, 3.8) is 0 Å². The Bertz CT molecular complexity index is 1090. The highest BCUT2D eigenvalue weighted by atomic mass is 32.2. The second-order valence-electron chi connectivity index (χ2n) is 5.63. The van der Waals surface area contributed by atoms with Crippen LogP contribution in [-0.4, -0.2) is 26.0 Å². The molecular weight excluding hydrogens is 366 g/mol. The zero-order valence-electron chi connectivity index (χ0n) is 14.2. The van der Waals surface area contributed by atoms with Crippen molar-refractivity contribution in [1.29, 1.82) is 0 Å². The van der Waals surface area contributed by atoms with Crippen LogP contribution in [0.5, 0.6) is 0 Å². The molecule has 0 bridgehead atoms. The molecule has 1 heterocycles. The number of fused-ring (bicyclic) bond motifs is 1. The molecule has 0 amide bonds. The highest BCUT2D eigenvalue weighted by molar-refractivity contribution is 7.99. The van der Waals surface area contributed by atoms with E-state index in [1.54, 1.807) is 30.3 Å². The number of hydrogen-bond donors (Lipinski definition) is 0. The zero-order chi connectivity index (χ0) is 19.4. The molecule has 3 rings (SSSR count). The van der Waals surface area contributed by atoms with Gasteiger partial charge in [0.2, 0.25) is 0 Å². The van der Waals surface area contributed by atoms with Crippen LogP contribution in [0.25, 0.3) is 10.9 Å². The molecule has 8 heteroatoms. The molecule has 0 aliphatic rings. The quantitative estimate of drug-likeness (QED) is 0.155. The molecule has 0 spiro atoms. The van der Waals surface area contributed by atoms with Gasteiger partial charge in [0.05, 0.1) is 21.6 Å². The van der Waals surface area contributed by atoms with Crippen molar-refractivity contribution in [1.82, 2.24) is 9.55 Å². The average Bonchev–Trinajstić information content (AvgIpc) is 2.68. The maximum Gasteiger partial charge on any atom is 0.269 e. The Kier molecular flexibility index (Phi) is 5.46. The van der Waals surface area contributed by atoms with E-state index in [2.05, 4.69) is 11.6 Å². The molecule has 0 unspecified atom stereocenters. The highest BCUT2D eigenvalue weighted by Crippen LogP contribution is 2.20. The lowest BCUT2D eigenvalue weighted by atomic mass is 10.1. The van der Waals surface area contributed by atoms with Crippen LogP contribution in [0.15, 0.2) is 71.1 Å². The number of hydrogen-bond acceptors (Lipinski definition) is 6. The molecular formula is C19H15N3O4S. The number of nitro benzene ring substituents is 1. The predicted molar refractivity (Wildman–Crippen MR) is 104 cm³/mol. The molecule has 1 aromatic heterocycles. The minimum Gasteiger partial charge on any atom is -0.293 e. The van der Waals surface area contributed by atoms with Crippen molar-refractivity contribution in [2.24, 2.45) is 0 Å². The molecule has 0 fully saturated rings. The van der Waals surface area contributed by atoms with Gasteiger partial charge in [0.1, 0.15) is 0 Å². The summed E-state index contributed by atoms with van der Waals surface area (Å²) in [7, 11) is 0.